The van der Waals surface area contributed by atoms with Gasteiger partial charge in [0.15, 0.2) is 0 Å². The highest BCUT2D eigenvalue weighted by atomic mass is 79.9. The van der Waals surface area contributed by atoms with E-state index in [-0.39, 0.29) is 4.83 Å². The fourth-order valence-corrected chi connectivity index (χ4v) is 4.98. The number of ether oxygens (including phenoxy) is 1. The zero-order chi connectivity index (χ0) is 13.4. The topological polar surface area (TPSA) is 9.23 Å². The molecule has 0 bridgehead atoms. The van der Waals surface area contributed by atoms with Gasteiger partial charge in [0.05, 0.1) is 15.2 Å². The first-order valence-corrected chi connectivity index (χ1v) is 9.31. The van der Waals surface area contributed by atoms with Gasteiger partial charge >= 0.3 is 0 Å². The van der Waals surface area contributed by atoms with Gasteiger partial charge in [-0.25, -0.2) is 0 Å². The standard InChI is InChI=1S/C14H11Br3OS/c15-10-7-12(19-14(10)17)13(16)9-3-4-11-8(6-9)2-1-5-18-11/h3-4,6-7,13H,1-2,5H2. The molecule has 1 aliphatic rings. The molecular formula is C14H11Br3OS. The van der Waals surface area contributed by atoms with Gasteiger partial charge in [0.2, 0.25) is 0 Å². The van der Waals surface area contributed by atoms with E-state index in [1.54, 1.807) is 11.3 Å². The van der Waals surface area contributed by atoms with Crippen molar-refractivity contribution >= 4 is 59.1 Å². The summed E-state index contributed by atoms with van der Waals surface area (Å²) in [6, 6.07) is 8.65. The highest BCUT2D eigenvalue weighted by Gasteiger charge is 2.18. The van der Waals surface area contributed by atoms with Gasteiger partial charge < -0.3 is 4.74 Å². The quantitative estimate of drug-likeness (QED) is 0.487. The number of aryl methyl sites for hydroxylation is 1. The average Bonchev–Trinajstić information content (AvgIpc) is 2.77. The monoisotopic (exact) mass is 464 g/mol. The molecule has 0 saturated heterocycles. The van der Waals surface area contributed by atoms with Crippen molar-refractivity contribution in [2.75, 3.05) is 6.61 Å². The van der Waals surface area contributed by atoms with Crippen LogP contribution in [-0.2, 0) is 6.42 Å². The fraction of sp³-hybridized carbons (Fsp3) is 0.286. The second kappa shape index (κ2) is 5.88. The third-order valence-electron chi connectivity index (χ3n) is 3.14. The molecule has 2 heterocycles. The van der Waals surface area contributed by atoms with E-state index in [0.717, 1.165) is 33.5 Å². The van der Waals surface area contributed by atoms with Crippen LogP contribution in [0.5, 0.6) is 5.75 Å². The van der Waals surface area contributed by atoms with Crippen LogP contribution in [0.2, 0.25) is 0 Å². The summed E-state index contributed by atoms with van der Waals surface area (Å²) in [4.78, 5) is 1.52. The van der Waals surface area contributed by atoms with Crippen molar-refractivity contribution in [1.82, 2.24) is 0 Å². The van der Waals surface area contributed by atoms with Crippen LogP contribution in [0.3, 0.4) is 0 Å². The molecular weight excluding hydrogens is 456 g/mol. The first kappa shape index (κ1) is 14.1. The van der Waals surface area contributed by atoms with Crippen molar-refractivity contribution < 1.29 is 4.74 Å². The summed E-state index contributed by atoms with van der Waals surface area (Å²) in [5, 5.41) is 0. The van der Waals surface area contributed by atoms with Gasteiger partial charge in [0, 0.05) is 9.35 Å². The summed E-state index contributed by atoms with van der Waals surface area (Å²) in [7, 11) is 0. The molecule has 0 radical (unpaired) electrons. The number of halogens is 3. The summed E-state index contributed by atoms with van der Waals surface area (Å²) in [6.45, 7) is 0.842. The van der Waals surface area contributed by atoms with Crippen LogP contribution in [0.4, 0.5) is 0 Å². The van der Waals surface area contributed by atoms with Gasteiger partial charge in [-0.15, -0.1) is 11.3 Å². The smallest absolute Gasteiger partial charge is 0.122 e. The Labute approximate surface area is 141 Å². The Morgan fingerprint density at radius 3 is 2.79 bits per heavy atom. The maximum absolute atomic E-state index is 5.66. The Hall–Kier alpha value is 0.160. The van der Waals surface area contributed by atoms with Crippen LogP contribution >= 0.6 is 59.1 Å². The maximum atomic E-state index is 5.66. The minimum Gasteiger partial charge on any atom is -0.493 e. The number of fused-ring (bicyclic) bond motifs is 1. The lowest BCUT2D eigenvalue weighted by Gasteiger charge is -2.19. The van der Waals surface area contributed by atoms with Gasteiger partial charge in [-0.05, 0) is 68.0 Å². The largest absolute Gasteiger partial charge is 0.493 e. The average molecular weight is 467 g/mol. The predicted molar refractivity (Wildman–Crippen MR) is 90.7 cm³/mol. The number of hydrogen-bond acceptors (Lipinski definition) is 2. The van der Waals surface area contributed by atoms with Crippen LogP contribution in [0, 0.1) is 0 Å². The third-order valence-corrected chi connectivity index (χ3v) is 7.79. The molecule has 100 valence electrons. The Bertz CT molecular complexity index is 589. The van der Waals surface area contributed by atoms with Crippen molar-refractivity contribution in [3.8, 4) is 5.75 Å². The molecule has 1 atom stereocenters. The Morgan fingerprint density at radius 2 is 2.05 bits per heavy atom. The van der Waals surface area contributed by atoms with E-state index in [0.29, 0.717) is 0 Å². The van der Waals surface area contributed by atoms with Crippen molar-refractivity contribution in [1.29, 1.82) is 0 Å². The molecule has 1 aliphatic heterocycles. The second-order valence-corrected chi connectivity index (χ2v) is 8.62. The van der Waals surface area contributed by atoms with Gasteiger partial charge in [-0.3, -0.25) is 0 Å². The van der Waals surface area contributed by atoms with Crippen LogP contribution in [0.25, 0.3) is 0 Å². The van der Waals surface area contributed by atoms with Crippen molar-refractivity contribution in [2.45, 2.75) is 17.7 Å². The normalized spacial score (nSPS) is 15.7. The minimum absolute atomic E-state index is 0.229. The molecule has 0 N–H and O–H groups in total. The number of alkyl halides is 1. The molecule has 3 rings (SSSR count). The lowest BCUT2D eigenvalue weighted by molar-refractivity contribution is 0.288. The van der Waals surface area contributed by atoms with Crippen LogP contribution in [-0.4, -0.2) is 6.61 Å². The second-order valence-electron chi connectivity index (χ2n) is 4.45. The van der Waals surface area contributed by atoms with Crippen molar-refractivity contribution in [3.63, 3.8) is 0 Å². The molecule has 0 saturated carbocycles. The van der Waals surface area contributed by atoms with Gasteiger partial charge in [-0.1, -0.05) is 28.1 Å². The highest BCUT2D eigenvalue weighted by Crippen LogP contribution is 2.42. The van der Waals surface area contributed by atoms with E-state index in [1.807, 2.05) is 0 Å². The van der Waals surface area contributed by atoms with E-state index in [2.05, 4.69) is 72.1 Å². The van der Waals surface area contributed by atoms with Crippen molar-refractivity contribution in [3.05, 3.63) is 48.5 Å². The zero-order valence-corrected chi connectivity index (χ0v) is 15.5. The summed E-state index contributed by atoms with van der Waals surface area (Å²) in [5.41, 5.74) is 2.60. The van der Waals surface area contributed by atoms with Crippen LogP contribution in [0.1, 0.15) is 27.3 Å². The zero-order valence-electron chi connectivity index (χ0n) is 9.96. The molecule has 1 aromatic heterocycles. The number of hydrogen-bond donors (Lipinski definition) is 0. The molecule has 1 unspecified atom stereocenters. The molecule has 1 nitrogen and oxygen atoms in total. The molecule has 1 aromatic carbocycles. The highest BCUT2D eigenvalue weighted by molar-refractivity contribution is 9.13. The van der Waals surface area contributed by atoms with Crippen LogP contribution < -0.4 is 4.74 Å². The number of benzene rings is 1. The maximum Gasteiger partial charge on any atom is 0.122 e. The molecule has 5 heteroatoms. The Balaban J connectivity index is 1.93. The van der Waals surface area contributed by atoms with Gasteiger partial charge in [-0.2, -0.15) is 0 Å². The molecule has 0 spiro atoms. The summed E-state index contributed by atoms with van der Waals surface area (Å²) in [6.07, 6.45) is 2.22. The van der Waals surface area contributed by atoms with Crippen molar-refractivity contribution in [2.24, 2.45) is 0 Å². The lowest BCUT2D eigenvalue weighted by atomic mass is 10.0. The first-order chi connectivity index (χ1) is 9.15. The molecule has 19 heavy (non-hydrogen) atoms. The molecule has 0 amide bonds. The summed E-state index contributed by atoms with van der Waals surface area (Å²) in [5.74, 6) is 1.04. The predicted octanol–water partition coefficient (Wildman–Crippen LogP) is 6.08. The van der Waals surface area contributed by atoms with Gasteiger partial charge in [0.1, 0.15) is 5.75 Å². The number of thiophene rings is 1. The van der Waals surface area contributed by atoms with E-state index in [4.69, 9.17) is 4.74 Å². The van der Waals surface area contributed by atoms with E-state index >= 15 is 0 Å². The van der Waals surface area contributed by atoms with E-state index < -0.39 is 0 Å². The minimum atomic E-state index is 0.229. The molecule has 0 fully saturated rings. The van der Waals surface area contributed by atoms with Crippen LogP contribution in [0.15, 0.2) is 32.5 Å². The number of rotatable bonds is 2. The Kier molecular flexibility index (Phi) is 4.37. The SMILES string of the molecule is Brc1cc(C(Br)c2ccc3c(c2)CCCO3)sc1Br. The van der Waals surface area contributed by atoms with Gasteiger partial charge in [0.25, 0.3) is 0 Å². The fourth-order valence-electron chi connectivity index (χ4n) is 2.19. The summed E-state index contributed by atoms with van der Waals surface area (Å²) < 4.78 is 7.90. The lowest BCUT2D eigenvalue weighted by Crippen LogP contribution is -2.08. The first-order valence-electron chi connectivity index (χ1n) is 5.99. The van der Waals surface area contributed by atoms with E-state index in [1.165, 1.54) is 16.0 Å². The third kappa shape index (κ3) is 2.94. The molecule has 2 aromatic rings. The van der Waals surface area contributed by atoms with E-state index in [9.17, 15) is 0 Å². The Morgan fingerprint density at radius 1 is 1.21 bits per heavy atom. The summed E-state index contributed by atoms with van der Waals surface area (Å²) >= 11 is 12.6. The molecule has 0 aliphatic carbocycles.